The third-order valence-corrected chi connectivity index (χ3v) is 5.48. The number of fused-ring (bicyclic) bond motifs is 1. The molecular weight excluding hydrogens is 334 g/mol. The van der Waals surface area contributed by atoms with E-state index in [0.29, 0.717) is 29.0 Å². The van der Waals surface area contributed by atoms with Crippen molar-refractivity contribution in [2.75, 3.05) is 27.4 Å². The van der Waals surface area contributed by atoms with E-state index in [0.717, 1.165) is 19.4 Å². The topological polar surface area (TPSA) is 65.1 Å². The highest BCUT2D eigenvalue weighted by Gasteiger charge is 2.35. The van der Waals surface area contributed by atoms with E-state index >= 15 is 0 Å². The molecule has 2 atom stereocenters. The fourth-order valence-corrected chi connectivity index (χ4v) is 4.15. The van der Waals surface area contributed by atoms with Gasteiger partial charge in [0.15, 0.2) is 6.61 Å². The summed E-state index contributed by atoms with van der Waals surface area (Å²) in [6.07, 6.45) is 6.95. The van der Waals surface area contributed by atoms with E-state index in [1.165, 1.54) is 39.9 Å². The maximum atomic E-state index is 12.6. The quantitative estimate of drug-likeness (QED) is 0.754. The second-order valence-corrected chi connectivity index (χ2v) is 7.02. The second kappa shape index (κ2) is 8.43. The highest BCUT2D eigenvalue weighted by molar-refractivity contribution is 5.92. The van der Waals surface area contributed by atoms with Crippen molar-refractivity contribution in [3.05, 3.63) is 23.8 Å². The summed E-state index contributed by atoms with van der Waals surface area (Å²) in [5.41, 5.74) is 0.309. The third-order valence-electron chi connectivity index (χ3n) is 5.48. The van der Waals surface area contributed by atoms with E-state index in [2.05, 4.69) is 0 Å². The molecule has 1 amide bonds. The van der Waals surface area contributed by atoms with Crippen molar-refractivity contribution < 1.29 is 23.8 Å². The lowest BCUT2D eigenvalue weighted by atomic mass is 9.78. The first-order valence-corrected chi connectivity index (χ1v) is 9.32. The van der Waals surface area contributed by atoms with Crippen molar-refractivity contribution >= 4 is 11.9 Å². The summed E-state index contributed by atoms with van der Waals surface area (Å²) in [5, 5.41) is 0. The molecule has 1 aromatic rings. The van der Waals surface area contributed by atoms with Gasteiger partial charge in [0, 0.05) is 18.7 Å². The molecule has 0 unspecified atom stereocenters. The van der Waals surface area contributed by atoms with Crippen molar-refractivity contribution in [1.29, 1.82) is 0 Å². The smallest absolute Gasteiger partial charge is 0.338 e. The second-order valence-electron chi connectivity index (χ2n) is 7.02. The Morgan fingerprint density at radius 3 is 2.35 bits per heavy atom. The van der Waals surface area contributed by atoms with Gasteiger partial charge in [-0.2, -0.15) is 0 Å². The van der Waals surface area contributed by atoms with Crippen LogP contribution in [0.4, 0.5) is 0 Å². The fourth-order valence-electron chi connectivity index (χ4n) is 4.15. The number of carbonyl (C=O) groups excluding carboxylic acids is 2. The van der Waals surface area contributed by atoms with Crippen LogP contribution >= 0.6 is 0 Å². The minimum Gasteiger partial charge on any atom is -0.497 e. The van der Waals surface area contributed by atoms with E-state index in [-0.39, 0.29) is 12.5 Å². The maximum absolute atomic E-state index is 12.6. The number of nitrogens with zero attached hydrogens (tertiary/aromatic N) is 1. The fraction of sp³-hybridized carbons (Fsp3) is 0.600. The number of benzene rings is 1. The zero-order valence-electron chi connectivity index (χ0n) is 15.5. The first kappa shape index (κ1) is 18.5. The van der Waals surface area contributed by atoms with Crippen LogP contribution < -0.4 is 9.47 Å². The Morgan fingerprint density at radius 2 is 1.65 bits per heavy atom. The van der Waals surface area contributed by atoms with Gasteiger partial charge in [0.2, 0.25) is 0 Å². The number of amides is 1. The Kier molecular flexibility index (Phi) is 6.01. The zero-order valence-corrected chi connectivity index (χ0v) is 15.5. The summed E-state index contributed by atoms with van der Waals surface area (Å²) >= 11 is 0. The molecule has 0 spiro atoms. The predicted octanol–water partition coefficient (Wildman–Crippen LogP) is 3.04. The molecule has 1 aliphatic heterocycles. The summed E-state index contributed by atoms with van der Waals surface area (Å²) in [5.74, 6) is 0.977. The van der Waals surface area contributed by atoms with E-state index in [9.17, 15) is 9.59 Å². The monoisotopic (exact) mass is 361 g/mol. The van der Waals surface area contributed by atoms with Gasteiger partial charge in [0.05, 0.1) is 19.8 Å². The molecule has 6 heteroatoms. The first-order valence-electron chi connectivity index (χ1n) is 9.32. The molecule has 142 valence electrons. The van der Waals surface area contributed by atoms with E-state index in [1.807, 2.05) is 4.90 Å². The molecular formula is C20H27NO5. The molecule has 0 radical (unpaired) electrons. The number of hydrogen-bond donors (Lipinski definition) is 0. The standard InChI is InChI=1S/C20H27NO5/c1-24-16-10-15(11-17(12-16)25-2)20(23)26-13-19(22)21-9-5-7-14-6-3-4-8-18(14)21/h10-12,14,18H,3-9,13H2,1-2H3/t14-,18+/m1/s1. The summed E-state index contributed by atoms with van der Waals surface area (Å²) < 4.78 is 15.6. The molecule has 2 fully saturated rings. The van der Waals surface area contributed by atoms with Gasteiger partial charge in [-0.15, -0.1) is 0 Å². The Hall–Kier alpha value is -2.24. The number of esters is 1. The van der Waals surface area contributed by atoms with Crippen molar-refractivity contribution in [2.45, 2.75) is 44.6 Å². The van der Waals surface area contributed by atoms with Crippen molar-refractivity contribution in [3.63, 3.8) is 0 Å². The Labute approximate surface area is 154 Å². The minimum atomic E-state index is -0.548. The number of likely N-dealkylation sites (tertiary alicyclic amines) is 1. The lowest BCUT2D eigenvalue weighted by molar-refractivity contribution is -0.140. The number of carbonyl (C=O) groups is 2. The lowest BCUT2D eigenvalue weighted by Gasteiger charge is -2.44. The molecule has 6 nitrogen and oxygen atoms in total. The van der Waals surface area contributed by atoms with Gasteiger partial charge >= 0.3 is 5.97 Å². The van der Waals surface area contributed by atoms with Gasteiger partial charge in [0.1, 0.15) is 11.5 Å². The summed E-state index contributed by atoms with van der Waals surface area (Å²) in [6, 6.07) is 5.15. The van der Waals surface area contributed by atoms with Gasteiger partial charge in [-0.05, 0) is 43.7 Å². The van der Waals surface area contributed by atoms with Gasteiger partial charge in [-0.25, -0.2) is 4.79 Å². The Balaban J connectivity index is 1.61. The van der Waals surface area contributed by atoms with E-state index in [1.54, 1.807) is 18.2 Å². The molecule has 1 saturated carbocycles. The molecule has 3 rings (SSSR count). The van der Waals surface area contributed by atoms with Crippen LogP contribution in [0.15, 0.2) is 18.2 Å². The van der Waals surface area contributed by atoms with Gasteiger partial charge in [0.25, 0.3) is 5.91 Å². The summed E-state index contributed by atoms with van der Waals surface area (Å²) in [6.45, 7) is 0.548. The molecule has 2 aliphatic rings. The maximum Gasteiger partial charge on any atom is 0.338 e. The average molecular weight is 361 g/mol. The molecule has 1 aromatic carbocycles. The largest absolute Gasteiger partial charge is 0.497 e. The third kappa shape index (κ3) is 4.11. The number of piperidine rings is 1. The van der Waals surface area contributed by atoms with Crippen LogP contribution in [0.2, 0.25) is 0 Å². The highest BCUT2D eigenvalue weighted by atomic mass is 16.5. The summed E-state index contributed by atoms with van der Waals surface area (Å²) in [4.78, 5) is 26.9. The van der Waals surface area contributed by atoms with Crippen LogP contribution in [0.1, 0.15) is 48.9 Å². The van der Waals surface area contributed by atoms with Crippen LogP contribution in [-0.4, -0.2) is 50.2 Å². The first-order chi connectivity index (χ1) is 12.6. The van der Waals surface area contributed by atoms with Crippen molar-refractivity contribution in [3.8, 4) is 11.5 Å². The number of hydrogen-bond acceptors (Lipinski definition) is 5. The Morgan fingerprint density at radius 1 is 1.00 bits per heavy atom. The van der Waals surface area contributed by atoms with Crippen molar-refractivity contribution in [2.24, 2.45) is 5.92 Å². The van der Waals surface area contributed by atoms with Gasteiger partial charge < -0.3 is 19.1 Å². The van der Waals surface area contributed by atoms with Crippen LogP contribution in [0, 0.1) is 5.92 Å². The van der Waals surface area contributed by atoms with Gasteiger partial charge in [-0.3, -0.25) is 4.79 Å². The predicted molar refractivity (Wildman–Crippen MR) is 96.5 cm³/mol. The summed E-state index contributed by atoms with van der Waals surface area (Å²) in [7, 11) is 3.04. The van der Waals surface area contributed by atoms with E-state index < -0.39 is 5.97 Å². The lowest BCUT2D eigenvalue weighted by Crippen LogP contribution is -2.50. The van der Waals surface area contributed by atoms with Crippen LogP contribution in [0.3, 0.4) is 0 Å². The van der Waals surface area contributed by atoms with Crippen LogP contribution in [0.5, 0.6) is 11.5 Å². The molecule has 0 bridgehead atoms. The molecule has 1 saturated heterocycles. The molecule has 0 N–H and O–H groups in total. The minimum absolute atomic E-state index is 0.0928. The molecule has 1 aliphatic carbocycles. The van der Waals surface area contributed by atoms with Gasteiger partial charge in [-0.1, -0.05) is 12.8 Å². The number of rotatable bonds is 5. The van der Waals surface area contributed by atoms with Crippen LogP contribution in [0.25, 0.3) is 0 Å². The SMILES string of the molecule is COc1cc(OC)cc(C(=O)OCC(=O)N2CCC[C@H]3CCCC[C@@H]32)c1. The Bertz CT molecular complexity index is 635. The zero-order chi connectivity index (χ0) is 18.5. The number of ether oxygens (including phenoxy) is 3. The molecule has 26 heavy (non-hydrogen) atoms. The highest BCUT2D eigenvalue weighted by Crippen LogP contribution is 2.35. The van der Waals surface area contributed by atoms with Crippen molar-refractivity contribution in [1.82, 2.24) is 4.90 Å². The van der Waals surface area contributed by atoms with Crippen LogP contribution in [-0.2, 0) is 9.53 Å². The molecule has 0 aromatic heterocycles. The number of methoxy groups -OCH3 is 2. The normalized spacial score (nSPS) is 22.3. The molecule has 1 heterocycles. The van der Waals surface area contributed by atoms with E-state index in [4.69, 9.17) is 14.2 Å². The average Bonchev–Trinajstić information content (AvgIpc) is 2.70.